The van der Waals surface area contributed by atoms with Gasteiger partial charge in [0, 0.05) is 45.1 Å². The third-order valence-electron chi connectivity index (χ3n) is 4.72. The van der Waals surface area contributed by atoms with Gasteiger partial charge in [-0.15, -0.1) is 24.0 Å². The van der Waals surface area contributed by atoms with Crippen LogP contribution in [-0.2, 0) is 19.4 Å². The zero-order chi connectivity index (χ0) is 19.2. The van der Waals surface area contributed by atoms with Crippen LogP contribution in [0, 0.1) is 0 Å². The molecule has 2 N–H and O–H groups in total. The molecule has 1 aromatic carbocycles. The smallest absolute Gasteiger partial charge is 0.191 e. The molecule has 0 aliphatic carbocycles. The molecule has 1 aliphatic rings. The molecule has 0 fully saturated rings. The van der Waals surface area contributed by atoms with Gasteiger partial charge in [0.05, 0.1) is 6.61 Å². The zero-order valence-electron chi connectivity index (χ0n) is 16.3. The Hall–Kier alpha value is -2.62. The minimum Gasteiger partial charge on any atom is -0.493 e. The van der Waals surface area contributed by atoms with Crippen LogP contribution in [-0.4, -0.2) is 40.7 Å². The lowest BCUT2D eigenvalue weighted by atomic mass is 10.1. The number of hydrogen-bond acceptors (Lipinski definition) is 4. The molecule has 8 heteroatoms. The van der Waals surface area contributed by atoms with E-state index in [2.05, 4.69) is 43.8 Å². The zero-order valence-corrected chi connectivity index (χ0v) is 18.7. The van der Waals surface area contributed by atoms with Gasteiger partial charge in [-0.25, -0.2) is 9.97 Å². The minimum absolute atomic E-state index is 0. The molecule has 3 aromatic rings. The van der Waals surface area contributed by atoms with E-state index in [9.17, 15) is 0 Å². The van der Waals surface area contributed by atoms with Crippen molar-refractivity contribution in [3.05, 3.63) is 71.9 Å². The Morgan fingerprint density at radius 2 is 2.10 bits per heavy atom. The molecule has 3 heterocycles. The molecule has 0 spiro atoms. The molecular formula is C21H25IN6O. The average molecular weight is 504 g/mol. The summed E-state index contributed by atoms with van der Waals surface area (Å²) < 4.78 is 7.45. The van der Waals surface area contributed by atoms with Crippen molar-refractivity contribution in [1.29, 1.82) is 0 Å². The largest absolute Gasteiger partial charge is 0.493 e. The number of pyridine rings is 1. The van der Waals surface area contributed by atoms with Crippen molar-refractivity contribution < 1.29 is 4.74 Å². The highest BCUT2D eigenvalue weighted by molar-refractivity contribution is 14.0. The summed E-state index contributed by atoms with van der Waals surface area (Å²) in [5.74, 6) is 2.66. The first-order valence-corrected chi connectivity index (χ1v) is 9.44. The number of guanidine groups is 1. The van der Waals surface area contributed by atoms with Crippen LogP contribution in [0.1, 0.15) is 16.7 Å². The molecule has 4 rings (SSSR count). The van der Waals surface area contributed by atoms with Crippen LogP contribution in [0.15, 0.2) is 60.2 Å². The molecule has 1 aliphatic heterocycles. The molecule has 0 unspecified atom stereocenters. The number of aliphatic imine (C=N–C) groups is 1. The number of benzene rings is 1. The van der Waals surface area contributed by atoms with E-state index in [0.29, 0.717) is 6.54 Å². The Labute approximate surface area is 187 Å². The molecule has 7 nitrogen and oxygen atoms in total. The fourth-order valence-electron chi connectivity index (χ4n) is 3.23. The Bertz CT molecular complexity index is 958. The minimum atomic E-state index is 0. The van der Waals surface area contributed by atoms with Crippen LogP contribution in [0.2, 0.25) is 0 Å². The monoisotopic (exact) mass is 504 g/mol. The number of imidazole rings is 1. The van der Waals surface area contributed by atoms with E-state index in [4.69, 9.17) is 4.74 Å². The Kier molecular flexibility index (Phi) is 7.45. The molecule has 29 heavy (non-hydrogen) atoms. The van der Waals surface area contributed by atoms with Crippen molar-refractivity contribution in [2.75, 3.05) is 20.2 Å². The standard InChI is InChI=1S/C21H24N6O.HI/c1-22-21(25-8-4-16-2-3-19-18(12-16)6-11-28-19)26-14-17-5-7-24-20(13-17)27-10-9-23-15-27;/h2-3,5,7,9-10,12-13,15H,4,6,8,11,14H2,1H3,(H2,22,25,26);1H. The SMILES string of the molecule is CN=C(NCCc1ccc2c(c1)CCO2)NCc1ccnc(-n2ccnc2)c1.I. The highest BCUT2D eigenvalue weighted by atomic mass is 127. The van der Waals surface area contributed by atoms with Crippen molar-refractivity contribution in [1.82, 2.24) is 25.2 Å². The summed E-state index contributed by atoms with van der Waals surface area (Å²) in [5.41, 5.74) is 3.75. The van der Waals surface area contributed by atoms with Crippen LogP contribution in [0.4, 0.5) is 0 Å². The van der Waals surface area contributed by atoms with Crippen molar-refractivity contribution >= 4 is 29.9 Å². The molecule has 0 amide bonds. The predicted octanol–water partition coefficient (Wildman–Crippen LogP) is 2.73. The second kappa shape index (κ2) is 10.2. The van der Waals surface area contributed by atoms with Crippen molar-refractivity contribution in [2.24, 2.45) is 4.99 Å². The van der Waals surface area contributed by atoms with Crippen LogP contribution >= 0.6 is 24.0 Å². The van der Waals surface area contributed by atoms with E-state index in [1.165, 1.54) is 11.1 Å². The van der Waals surface area contributed by atoms with E-state index in [1.807, 2.05) is 22.9 Å². The molecule has 2 aromatic heterocycles. The Morgan fingerprint density at radius 3 is 2.93 bits per heavy atom. The summed E-state index contributed by atoms with van der Waals surface area (Å²) in [6, 6.07) is 10.5. The van der Waals surface area contributed by atoms with Gasteiger partial charge in [-0.1, -0.05) is 12.1 Å². The van der Waals surface area contributed by atoms with Gasteiger partial charge in [-0.05, 0) is 41.3 Å². The van der Waals surface area contributed by atoms with E-state index in [0.717, 1.165) is 49.1 Å². The van der Waals surface area contributed by atoms with E-state index in [-0.39, 0.29) is 24.0 Å². The van der Waals surface area contributed by atoms with Crippen LogP contribution in [0.25, 0.3) is 5.82 Å². The maximum absolute atomic E-state index is 5.57. The van der Waals surface area contributed by atoms with Gasteiger partial charge < -0.3 is 15.4 Å². The van der Waals surface area contributed by atoms with E-state index in [1.54, 1.807) is 25.8 Å². The lowest BCUT2D eigenvalue weighted by Gasteiger charge is -2.13. The number of ether oxygens (including phenoxy) is 1. The summed E-state index contributed by atoms with van der Waals surface area (Å²) in [6.07, 6.45) is 9.11. The van der Waals surface area contributed by atoms with Crippen molar-refractivity contribution in [3.8, 4) is 11.6 Å². The number of fused-ring (bicyclic) bond motifs is 1. The Balaban J connectivity index is 0.00000240. The van der Waals surface area contributed by atoms with Crippen molar-refractivity contribution in [3.63, 3.8) is 0 Å². The van der Waals surface area contributed by atoms with Crippen LogP contribution in [0.3, 0.4) is 0 Å². The van der Waals surface area contributed by atoms with Crippen molar-refractivity contribution in [2.45, 2.75) is 19.4 Å². The second-order valence-corrected chi connectivity index (χ2v) is 6.64. The number of nitrogens with zero attached hydrogens (tertiary/aromatic N) is 4. The summed E-state index contributed by atoms with van der Waals surface area (Å²) >= 11 is 0. The Morgan fingerprint density at radius 1 is 1.17 bits per heavy atom. The summed E-state index contributed by atoms with van der Waals surface area (Å²) in [6.45, 7) is 2.28. The second-order valence-electron chi connectivity index (χ2n) is 6.64. The molecule has 152 valence electrons. The highest BCUT2D eigenvalue weighted by Crippen LogP contribution is 2.25. The molecule has 0 saturated heterocycles. The number of nitrogens with one attached hydrogen (secondary N) is 2. The normalized spacial score (nSPS) is 12.7. The first kappa shape index (κ1) is 21.1. The van der Waals surface area contributed by atoms with E-state index < -0.39 is 0 Å². The molecule has 0 bridgehead atoms. The maximum Gasteiger partial charge on any atom is 0.191 e. The third kappa shape index (κ3) is 5.47. The van der Waals surface area contributed by atoms with Gasteiger partial charge in [0.15, 0.2) is 5.96 Å². The number of aromatic nitrogens is 3. The fraction of sp³-hybridized carbons (Fsp3) is 0.286. The van der Waals surface area contributed by atoms with Gasteiger partial charge in [0.25, 0.3) is 0 Å². The molecule has 0 atom stereocenters. The topological polar surface area (TPSA) is 76.4 Å². The van der Waals surface area contributed by atoms with Gasteiger partial charge in [0.1, 0.15) is 17.9 Å². The lowest BCUT2D eigenvalue weighted by molar-refractivity contribution is 0.357. The highest BCUT2D eigenvalue weighted by Gasteiger charge is 2.11. The first-order valence-electron chi connectivity index (χ1n) is 9.44. The fourth-order valence-corrected chi connectivity index (χ4v) is 3.23. The molecular weight excluding hydrogens is 479 g/mol. The van der Waals surface area contributed by atoms with Gasteiger partial charge in [-0.2, -0.15) is 0 Å². The first-order chi connectivity index (χ1) is 13.8. The predicted molar refractivity (Wildman–Crippen MR) is 124 cm³/mol. The summed E-state index contributed by atoms with van der Waals surface area (Å²) in [4.78, 5) is 12.8. The van der Waals surface area contributed by atoms with Gasteiger partial charge in [-0.3, -0.25) is 9.56 Å². The van der Waals surface area contributed by atoms with E-state index >= 15 is 0 Å². The lowest BCUT2D eigenvalue weighted by Crippen LogP contribution is -2.37. The summed E-state index contributed by atoms with van der Waals surface area (Å²) in [5, 5.41) is 6.73. The number of hydrogen-bond donors (Lipinski definition) is 2. The maximum atomic E-state index is 5.57. The van der Waals surface area contributed by atoms with Gasteiger partial charge >= 0.3 is 0 Å². The quantitative estimate of drug-likeness (QED) is 0.307. The number of halogens is 1. The summed E-state index contributed by atoms with van der Waals surface area (Å²) in [7, 11) is 1.78. The average Bonchev–Trinajstić information content (AvgIpc) is 3.42. The third-order valence-corrected chi connectivity index (χ3v) is 4.72. The number of rotatable bonds is 6. The molecule has 0 saturated carbocycles. The van der Waals surface area contributed by atoms with Gasteiger partial charge in [0.2, 0.25) is 0 Å². The molecule has 0 radical (unpaired) electrons. The van der Waals surface area contributed by atoms with Crippen LogP contribution in [0.5, 0.6) is 5.75 Å². The van der Waals surface area contributed by atoms with Crippen LogP contribution < -0.4 is 15.4 Å².